The van der Waals surface area contributed by atoms with Gasteiger partial charge in [-0.2, -0.15) is 0 Å². The summed E-state index contributed by atoms with van der Waals surface area (Å²) in [5, 5.41) is 0. The topological polar surface area (TPSA) is 6.48 Å². The van der Waals surface area contributed by atoms with E-state index in [1.54, 1.807) is 0 Å². The van der Waals surface area contributed by atoms with E-state index in [0.717, 1.165) is 24.2 Å². The number of hydrogen-bond donors (Lipinski definition) is 0. The van der Waals surface area contributed by atoms with Gasteiger partial charge in [0.25, 0.3) is 0 Å². The molecule has 0 spiro atoms. The van der Waals surface area contributed by atoms with E-state index in [-0.39, 0.29) is 0 Å². The molecule has 0 radical (unpaired) electrons. The number of benzene rings is 8. The van der Waals surface area contributed by atoms with Crippen molar-refractivity contribution in [1.29, 1.82) is 0 Å². The van der Waals surface area contributed by atoms with Crippen LogP contribution in [0.5, 0.6) is 0 Å². The summed E-state index contributed by atoms with van der Waals surface area (Å²) >= 11 is 0. The van der Waals surface area contributed by atoms with E-state index in [0.29, 0.717) is 0 Å². The second kappa shape index (κ2) is 17.3. The molecule has 0 aliphatic heterocycles. The minimum absolute atomic E-state index is 1.05. The van der Waals surface area contributed by atoms with Gasteiger partial charge in [0.05, 0.1) is 0 Å². The van der Waals surface area contributed by atoms with Crippen LogP contribution in [0.4, 0.5) is 34.1 Å². The molecule has 8 aromatic carbocycles. The van der Waals surface area contributed by atoms with Gasteiger partial charge in [0.2, 0.25) is 0 Å². The molecule has 0 aromatic heterocycles. The average molecular weight is 781 g/mol. The lowest BCUT2D eigenvalue weighted by atomic mass is 9.97. The van der Waals surface area contributed by atoms with Crippen LogP contribution in [-0.4, -0.2) is 0 Å². The largest absolute Gasteiger partial charge is 0.310 e. The van der Waals surface area contributed by atoms with Crippen LogP contribution in [0.2, 0.25) is 0 Å². The van der Waals surface area contributed by atoms with Crippen molar-refractivity contribution in [3.05, 3.63) is 214 Å². The van der Waals surface area contributed by atoms with Gasteiger partial charge in [0, 0.05) is 34.1 Å². The van der Waals surface area contributed by atoms with Crippen molar-refractivity contribution in [1.82, 2.24) is 0 Å². The summed E-state index contributed by atoms with van der Waals surface area (Å²) in [4.78, 5) is 4.83. The van der Waals surface area contributed by atoms with E-state index in [9.17, 15) is 0 Å². The molecule has 0 unspecified atom stereocenters. The molecule has 0 amide bonds. The zero-order valence-corrected chi connectivity index (χ0v) is 36.5. The molecule has 0 bridgehead atoms. The highest BCUT2D eigenvalue weighted by Crippen LogP contribution is 2.43. The highest BCUT2D eigenvalue weighted by atomic mass is 15.2. The third kappa shape index (κ3) is 8.29. The van der Waals surface area contributed by atoms with Crippen molar-refractivity contribution < 1.29 is 0 Å². The van der Waals surface area contributed by atoms with Crippen LogP contribution in [-0.2, 0) is 12.8 Å². The van der Waals surface area contributed by atoms with Crippen molar-refractivity contribution in [2.24, 2.45) is 0 Å². The van der Waals surface area contributed by atoms with E-state index in [2.05, 4.69) is 235 Å². The summed E-state index contributed by atoms with van der Waals surface area (Å²) in [7, 11) is 0. The van der Waals surface area contributed by atoms with Crippen LogP contribution in [0.25, 0.3) is 33.4 Å². The predicted molar refractivity (Wildman–Crippen MR) is 259 cm³/mol. The van der Waals surface area contributed by atoms with Gasteiger partial charge in [0.1, 0.15) is 0 Å². The van der Waals surface area contributed by atoms with E-state index in [1.807, 2.05) is 0 Å². The molecule has 0 saturated heterocycles. The normalized spacial score (nSPS) is 11.1. The van der Waals surface area contributed by atoms with Gasteiger partial charge in [0.15, 0.2) is 0 Å². The lowest BCUT2D eigenvalue weighted by Crippen LogP contribution is -2.13. The van der Waals surface area contributed by atoms with Gasteiger partial charge in [-0.25, -0.2) is 0 Å². The Bertz CT molecular complexity index is 2560. The van der Waals surface area contributed by atoms with Crippen LogP contribution in [0.1, 0.15) is 58.4 Å². The molecule has 60 heavy (non-hydrogen) atoms. The van der Waals surface area contributed by atoms with E-state index >= 15 is 0 Å². The molecular weight excluding hydrogens is 725 g/mol. The Morgan fingerprint density at radius 2 is 0.550 bits per heavy atom. The van der Waals surface area contributed by atoms with Crippen LogP contribution < -0.4 is 9.80 Å². The quantitative estimate of drug-likeness (QED) is 0.129. The van der Waals surface area contributed by atoms with Crippen molar-refractivity contribution in [2.45, 2.75) is 68.2 Å². The Morgan fingerprint density at radius 1 is 0.283 bits per heavy atom. The number of hydrogen-bond acceptors (Lipinski definition) is 2. The summed E-state index contributed by atoms with van der Waals surface area (Å²) in [6.45, 7) is 17.6. The first-order valence-electron chi connectivity index (χ1n) is 21.5. The summed E-state index contributed by atoms with van der Waals surface area (Å²) in [5.74, 6) is 0. The van der Waals surface area contributed by atoms with Gasteiger partial charge in [-0.15, -0.1) is 0 Å². The Labute approximate surface area is 358 Å². The van der Waals surface area contributed by atoms with E-state index < -0.39 is 0 Å². The molecule has 0 heterocycles. The van der Waals surface area contributed by atoms with Crippen LogP contribution in [0.15, 0.2) is 170 Å². The van der Waals surface area contributed by atoms with Gasteiger partial charge in [-0.05, 0) is 182 Å². The lowest BCUT2D eigenvalue weighted by Gasteiger charge is -2.30. The summed E-state index contributed by atoms with van der Waals surface area (Å²) < 4.78 is 0. The summed E-state index contributed by atoms with van der Waals surface area (Å²) in [5.41, 5.74) is 24.5. The SMILES string of the molecule is CCc1ccc(-c2ccc(N(c3ccc(C)cc3C)c3ccc(-c4ccc(N(c5ccc(-c6ccc(CC)cc6)cc5)c5ccc(C)cc5C)c(C)c4)cc3C)cc2)cc1. The van der Waals surface area contributed by atoms with Gasteiger partial charge >= 0.3 is 0 Å². The highest BCUT2D eigenvalue weighted by Gasteiger charge is 2.20. The molecule has 298 valence electrons. The first kappa shape index (κ1) is 40.2. The zero-order valence-electron chi connectivity index (χ0n) is 36.5. The molecule has 8 aromatic rings. The minimum Gasteiger partial charge on any atom is -0.310 e. The van der Waals surface area contributed by atoms with Crippen LogP contribution >= 0.6 is 0 Å². The van der Waals surface area contributed by atoms with Crippen LogP contribution in [0.3, 0.4) is 0 Å². The summed E-state index contributed by atoms with van der Waals surface area (Å²) in [6.07, 6.45) is 2.09. The van der Waals surface area contributed by atoms with Gasteiger partial charge < -0.3 is 9.80 Å². The highest BCUT2D eigenvalue weighted by molar-refractivity contribution is 5.85. The maximum Gasteiger partial charge on any atom is 0.0491 e. The fourth-order valence-electron chi connectivity index (χ4n) is 8.57. The number of nitrogens with zero attached hydrogens (tertiary/aromatic N) is 2. The fourth-order valence-corrected chi connectivity index (χ4v) is 8.57. The lowest BCUT2D eigenvalue weighted by molar-refractivity contribution is 1.14. The molecule has 8 rings (SSSR count). The molecule has 0 saturated carbocycles. The van der Waals surface area contributed by atoms with E-state index in [1.165, 1.54) is 101 Å². The third-order valence-corrected chi connectivity index (χ3v) is 12.0. The summed E-state index contributed by atoms with van der Waals surface area (Å²) in [6, 6.07) is 63.3. The Hall–Kier alpha value is -6.64. The first-order chi connectivity index (χ1) is 29.1. The van der Waals surface area contributed by atoms with Crippen molar-refractivity contribution >= 4 is 34.1 Å². The molecule has 0 atom stereocenters. The minimum atomic E-state index is 1.05. The maximum atomic E-state index is 2.42. The standard InChI is InChI=1S/C58H56N2/c1-9-45-13-17-47(18-14-45)49-21-27-53(28-22-49)59(55-31-11-39(3)35-41(55)5)57-33-25-51(37-43(57)7)52-26-34-58(44(8)38-52)60(56-32-12-40(4)36-42(56)6)54-29-23-50(24-30-54)48-19-15-46(10-2)16-20-48/h11-38H,9-10H2,1-8H3. The molecule has 0 aliphatic carbocycles. The molecule has 0 fully saturated rings. The third-order valence-electron chi connectivity index (χ3n) is 12.0. The Kier molecular flexibility index (Phi) is 11.6. The second-order valence-electron chi connectivity index (χ2n) is 16.4. The van der Waals surface area contributed by atoms with Gasteiger partial charge in [-0.3, -0.25) is 0 Å². The van der Waals surface area contributed by atoms with Crippen LogP contribution in [0, 0.1) is 41.5 Å². The molecule has 2 nitrogen and oxygen atoms in total. The molecule has 2 heteroatoms. The second-order valence-corrected chi connectivity index (χ2v) is 16.4. The molecular formula is C58H56N2. The van der Waals surface area contributed by atoms with Crippen molar-refractivity contribution in [3.8, 4) is 33.4 Å². The zero-order chi connectivity index (χ0) is 41.9. The number of aryl methyl sites for hydroxylation is 8. The molecule has 0 aliphatic rings. The monoisotopic (exact) mass is 780 g/mol. The average Bonchev–Trinajstić information content (AvgIpc) is 3.26. The smallest absolute Gasteiger partial charge is 0.0491 e. The maximum absolute atomic E-state index is 2.42. The Balaban J connectivity index is 1.14. The first-order valence-corrected chi connectivity index (χ1v) is 21.5. The number of rotatable bonds is 11. The fraction of sp³-hybridized carbons (Fsp3) is 0.172. The van der Waals surface area contributed by atoms with E-state index in [4.69, 9.17) is 0 Å². The number of anilines is 6. The molecule has 0 N–H and O–H groups in total. The van der Waals surface area contributed by atoms with Crippen molar-refractivity contribution in [2.75, 3.05) is 9.80 Å². The Morgan fingerprint density at radius 3 is 0.833 bits per heavy atom. The van der Waals surface area contributed by atoms with Gasteiger partial charge in [-0.1, -0.05) is 134 Å². The predicted octanol–water partition coefficient (Wildman–Crippen LogP) is 16.6. The van der Waals surface area contributed by atoms with Crippen molar-refractivity contribution in [3.63, 3.8) is 0 Å².